The number of hydrogen-bond acceptors (Lipinski definition) is 2. The molecule has 2 atom stereocenters. The van der Waals surface area contributed by atoms with Crippen molar-refractivity contribution in [2.75, 3.05) is 4.90 Å². The first-order valence-electron chi connectivity index (χ1n) is 9.00. The Morgan fingerprint density at radius 1 is 0.857 bits per heavy atom. The summed E-state index contributed by atoms with van der Waals surface area (Å²) in [5.41, 5.74) is 3.35. The van der Waals surface area contributed by atoms with Crippen molar-refractivity contribution in [2.24, 2.45) is 5.92 Å². The van der Waals surface area contributed by atoms with E-state index in [2.05, 4.69) is 6.07 Å². The molecule has 1 aliphatic rings. The van der Waals surface area contributed by atoms with E-state index in [4.69, 9.17) is 11.6 Å². The molecule has 0 fully saturated rings. The third-order valence-electron chi connectivity index (χ3n) is 4.90. The summed E-state index contributed by atoms with van der Waals surface area (Å²) in [6, 6.07) is 28.8. The Morgan fingerprint density at radius 2 is 1.46 bits per heavy atom. The second-order valence-electron chi connectivity index (χ2n) is 6.61. The molecule has 3 aromatic rings. The number of carbonyl (C=O) groups is 1. The fraction of sp³-hybridized carbons (Fsp3) is 0.0833. The van der Waals surface area contributed by atoms with E-state index in [1.165, 1.54) is 0 Å². The molecule has 1 amide bonds. The normalized spacial score (nSPS) is 19.1. The van der Waals surface area contributed by atoms with Gasteiger partial charge in [0.15, 0.2) is 0 Å². The smallest absolute Gasteiger partial charge is 0.249 e. The monoisotopic (exact) mass is 384 g/mol. The summed E-state index contributed by atoms with van der Waals surface area (Å²) in [6.45, 7) is 0. The van der Waals surface area contributed by atoms with Crippen molar-refractivity contribution in [1.29, 1.82) is 5.26 Å². The largest absolute Gasteiger partial charge is 0.280 e. The minimum absolute atomic E-state index is 0.227. The van der Waals surface area contributed by atoms with Crippen LogP contribution in [-0.4, -0.2) is 5.91 Å². The van der Waals surface area contributed by atoms with Crippen LogP contribution >= 0.6 is 11.6 Å². The van der Waals surface area contributed by atoms with Crippen LogP contribution in [-0.2, 0) is 4.79 Å². The summed E-state index contributed by atoms with van der Waals surface area (Å²) >= 11 is 6.02. The number of nitriles is 1. The third-order valence-corrected chi connectivity index (χ3v) is 5.15. The van der Waals surface area contributed by atoms with Crippen LogP contribution < -0.4 is 4.90 Å². The van der Waals surface area contributed by atoms with E-state index in [1.807, 2.05) is 78.9 Å². The molecule has 1 aliphatic heterocycles. The van der Waals surface area contributed by atoms with Crippen molar-refractivity contribution in [1.82, 2.24) is 0 Å². The molecule has 0 N–H and O–H groups in total. The number of amides is 1. The van der Waals surface area contributed by atoms with E-state index in [0.29, 0.717) is 5.02 Å². The third kappa shape index (κ3) is 3.31. The number of nitrogens with zero attached hydrogens (tertiary/aromatic N) is 2. The van der Waals surface area contributed by atoms with Gasteiger partial charge in [-0.05, 0) is 35.4 Å². The predicted octanol–water partition coefficient (Wildman–Crippen LogP) is 5.65. The van der Waals surface area contributed by atoms with Crippen molar-refractivity contribution in [3.63, 3.8) is 0 Å². The van der Waals surface area contributed by atoms with Gasteiger partial charge >= 0.3 is 0 Å². The van der Waals surface area contributed by atoms with Crippen LogP contribution in [0.5, 0.6) is 0 Å². The lowest BCUT2D eigenvalue weighted by molar-refractivity contribution is -0.120. The molecule has 28 heavy (non-hydrogen) atoms. The van der Waals surface area contributed by atoms with Crippen LogP contribution in [0.15, 0.2) is 91.0 Å². The zero-order valence-electron chi connectivity index (χ0n) is 15.0. The maximum Gasteiger partial charge on any atom is 0.249 e. The molecule has 3 nitrogen and oxygen atoms in total. The second kappa shape index (κ2) is 7.72. The van der Waals surface area contributed by atoms with Gasteiger partial charge in [0.2, 0.25) is 5.91 Å². The molecule has 0 unspecified atom stereocenters. The average Bonchev–Trinajstić information content (AvgIpc) is 2.75. The molecule has 0 bridgehead atoms. The maximum absolute atomic E-state index is 13.4. The summed E-state index contributed by atoms with van der Waals surface area (Å²) in [5.74, 6) is -1.38. The van der Waals surface area contributed by atoms with Crippen molar-refractivity contribution < 1.29 is 4.79 Å². The van der Waals surface area contributed by atoms with Gasteiger partial charge in [-0.15, -0.1) is 0 Å². The van der Waals surface area contributed by atoms with Gasteiger partial charge in [0.25, 0.3) is 0 Å². The van der Waals surface area contributed by atoms with E-state index in [-0.39, 0.29) is 11.8 Å². The minimum atomic E-state index is -0.811. The Labute approximate surface area is 169 Å². The summed E-state index contributed by atoms with van der Waals surface area (Å²) in [5, 5.41) is 10.4. The van der Waals surface area contributed by atoms with Gasteiger partial charge < -0.3 is 0 Å². The summed E-state index contributed by atoms with van der Waals surface area (Å²) in [7, 11) is 0. The van der Waals surface area contributed by atoms with Gasteiger partial charge in [0.1, 0.15) is 5.92 Å². The van der Waals surface area contributed by atoms with Crippen LogP contribution in [0.3, 0.4) is 0 Å². The number of anilines is 1. The van der Waals surface area contributed by atoms with Gasteiger partial charge in [0, 0.05) is 16.6 Å². The van der Waals surface area contributed by atoms with Crippen LogP contribution in [0.4, 0.5) is 5.69 Å². The highest BCUT2D eigenvalue weighted by molar-refractivity contribution is 6.30. The Hall–Kier alpha value is -3.35. The Morgan fingerprint density at radius 3 is 2.07 bits per heavy atom. The molecule has 0 aliphatic carbocycles. The number of halogens is 1. The Kier molecular flexibility index (Phi) is 4.97. The van der Waals surface area contributed by atoms with Crippen molar-refractivity contribution in [2.45, 2.75) is 5.92 Å². The van der Waals surface area contributed by atoms with Gasteiger partial charge in [0.05, 0.1) is 11.8 Å². The molecule has 0 saturated heterocycles. The Bertz CT molecular complexity index is 1050. The molecule has 0 spiro atoms. The zero-order valence-corrected chi connectivity index (χ0v) is 15.8. The van der Waals surface area contributed by atoms with Crippen LogP contribution in [0.1, 0.15) is 17.0 Å². The summed E-state index contributed by atoms with van der Waals surface area (Å²) in [4.78, 5) is 15.1. The molecule has 3 aromatic carbocycles. The minimum Gasteiger partial charge on any atom is -0.280 e. The van der Waals surface area contributed by atoms with E-state index in [0.717, 1.165) is 22.5 Å². The van der Waals surface area contributed by atoms with Gasteiger partial charge in [-0.2, -0.15) is 5.26 Å². The molecule has 0 radical (unpaired) electrons. The average molecular weight is 385 g/mol. The second-order valence-corrected chi connectivity index (χ2v) is 7.05. The lowest BCUT2D eigenvalue weighted by atomic mass is 9.81. The molecule has 4 heteroatoms. The number of allylic oxidation sites excluding steroid dienone is 1. The number of carbonyl (C=O) groups excluding carboxylic acids is 1. The van der Waals surface area contributed by atoms with Crippen molar-refractivity contribution in [3.05, 3.63) is 107 Å². The summed E-state index contributed by atoms with van der Waals surface area (Å²) < 4.78 is 0. The fourth-order valence-corrected chi connectivity index (χ4v) is 3.67. The van der Waals surface area contributed by atoms with Crippen LogP contribution in [0.2, 0.25) is 5.02 Å². The highest BCUT2D eigenvalue weighted by Crippen LogP contribution is 2.40. The summed E-state index contributed by atoms with van der Waals surface area (Å²) in [6.07, 6.45) is 2.01. The standard InChI is InChI=1S/C24H17ClN2O/c25-19-13-11-17(12-14-19)21-15-23(18-7-3-1-4-8-18)27(24(28)22(21)16-26)20-9-5-2-6-10-20/h1-15,21-22H/t21-,22-/m1/s1. The number of benzene rings is 3. The van der Waals surface area contributed by atoms with E-state index in [9.17, 15) is 10.1 Å². The van der Waals surface area contributed by atoms with E-state index in [1.54, 1.807) is 17.0 Å². The van der Waals surface area contributed by atoms with Crippen molar-refractivity contribution in [3.8, 4) is 6.07 Å². The van der Waals surface area contributed by atoms with Gasteiger partial charge in [-0.1, -0.05) is 78.3 Å². The molecule has 4 rings (SSSR count). The first kappa shape index (κ1) is 18.0. The first-order chi connectivity index (χ1) is 13.7. The molecule has 0 saturated carbocycles. The number of para-hydroxylation sites is 1. The first-order valence-corrected chi connectivity index (χ1v) is 9.38. The highest BCUT2D eigenvalue weighted by Gasteiger charge is 2.39. The zero-order chi connectivity index (χ0) is 19.5. The van der Waals surface area contributed by atoms with Gasteiger partial charge in [-0.25, -0.2) is 0 Å². The SMILES string of the molecule is N#C[C@H]1C(=O)N(c2ccccc2)C(c2ccccc2)=C[C@@H]1c1ccc(Cl)cc1. The topological polar surface area (TPSA) is 44.1 Å². The molecular weight excluding hydrogens is 368 g/mol. The van der Waals surface area contributed by atoms with Crippen LogP contribution in [0.25, 0.3) is 5.70 Å². The van der Waals surface area contributed by atoms with E-state index < -0.39 is 5.92 Å². The number of rotatable bonds is 3. The number of hydrogen-bond donors (Lipinski definition) is 0. The molecule has 136 valence electrons. The molecular formula is C24H17ClN2O. The van der Waals surface area contributed by atoms with Gasteiger partial charge in [-0.3, -0.25) is 9.69 Å². The predicted molar refractivity (Wildman–Crippen MR) is 112 cm³/mol. The molecule has 1 heterocycles. The van der Waals surface area contributed by atoms with E-state index >= 15 is 0 Å². The van der Waals surface area contributed by atoms with Crippen LogP contribution in [0, 0.1) is 17.2 Å². The Balaban J connectivity index is 1.91. The quantitative estimate of drug-likeness (QED) is 0.585. The lowest BCUT2D eigenvalue weighted by Crippen LogP contribution is -2.40. The van der Waals surface area contributed by atoms with Crippen molar-refractivity contribution >= 4 is 28.9 Å². The lowest BCUT2D eigenvalue weighted by Gasteiger charge is -2.35. The maximum atomic E-state index is 13.4. The fourth-order valence-electron chi connectivity index (χ4n) is 3.54. The molecule has 0 aromatic heterocycles. The highest BCUT2D eigenvalue weighted by atomic mass is 35.5.